The number of hydrogen-bond acceptors (Lipinski definition) is 6. The Labute approximate surface area is 110 Å². The van der Waals surface area contributed by atoms with E-state index in [1.54, 1.807) is 13.0 Å². The number of nitrogens with zero attached hydrogens (tertiary/aromatic N) is 2. The summed E-state index contributed by atoms with van der Waals surface area (Å²) in [5, 5.41) is 10.5. The molecule has 1 aromatic rings. The number of nitro groups is 1. The Balaban J connectivity index is 1.95. The van der Waals surface area contributed by atoms with E-state index >= 15 is 0 Å². The van der Waals surface area contributed by atoms with Gasteiger partial charge in [0.25, 0.3) is 0 Å². The summed E-state index contributed by atoms with van der Waals surface area (Å²) in [6.45, 7) is 2.68. The first-order chi connectivity index (χ1) is 9.10. The predicted molar refractivity (Wildman–Crippen MR) is 65.4 cm³/mol. The van der Waals surface area contributed by atoms with E-state index in [1.807, 2.05) is 4.90 Å². The van der Waals surface area contributed by atoms with Crippen molar-refractivity contribution in [2.45, 2.75) is 32.4 Å². The summed E-state index contributed by atoms with van der Waals surface area (Å²) in [5.74, 6) is -0.0692. The van der Waals surface area contributed by atoms with Crippen molar-refractivity contribution in [1.82, 2.24) is 4.90 Å². The van der Waals surface area contributed by atoms with E-state index in [1.165, 1.54) is 6.07 Å². The maximum absolute atomic E-state index is 11.5. The monoisotopic (exact) mass is 268 g/mol. The average Bonchev–Trinajstić information content (AvgIpc) is 3.09. The highest BCUT2D eigenvalue weighted by Gasteiger charge is 2.31. The van der Waals surface area contributed by atoms with Crippen LogP contribution in [0.15, 0.2) is 16.5 Å². The smallest absolute Gasteiger partial charge is 0.433 e. The van der Waals surface area contributed by atoms with Crippen molar-refractivity contribution in [2.75, 3.05) is 13.2 Å². The van der Waals surface area contributed by atoms with Crippen molar-refractivity contribution in [3.8, 4) is 0 Å². The Morgan fingerprint density at radius 2 is 2.32 bits per heavy atom. The molecule has 1 aromatic heterocycles. The van der Waals surface area contributed by atoms with Gasteiger partial charge in [0.15, 0.2) is 0 Å². The number of carbonyl (C=O) groups excluding carboxylic acids is 1. The van der Waals surface area contributed by atoms with E-state index in [-0.39, 0.29) is 18.4 Å². The molecule has 1 heterocycles. The Hall–Kier alpha value is -1.89. The summed E-state index contributed by atoms with van der Waals surface area (Å²) in [6, 6.07) is 3.23. The highest BCUT2D eigenvalue weighted by Crippen LogP contribution is 2.29. The van der Waals surface area contributed by atoms with Crippen LogP contribution in [0.5, 0.6) is 0 Å². The molecule has 1 saturated carbocycles. The molecule has 0 atom stereocenters. The van der Waals surface area contributed by atoms with Crippen LogP contribution in [0.1, 0.15) is 25.5 Å². The number of hydrogen-bond donors (Lipinski definition) is 0. The van der Waals surface area contributed by atoms with Crippen molar-refractivity contribution in [1.29, 1.82) is 0 Å². The Kier molecular flexibility index (Phi) is 4.16. The largest absolute Gasteiger partial charge is 0.465 e. The predicted octanol–water partition coefficient (Wildman–Crippen LogP) is 1.72. The quantitative estimate of drug-likeness (QED) is 0.425. The molecular formula is C12H16N2O5. The van der Waals surface area contributed by atoms with E-state index in [0.29, 0.717) is 25.0 Å². The van der Waals surface area contributed by atoms with Crippen molar-refractivity contribution in [2.24, 2.45) is 0 Å². The van der Waals surface area contributed by atoms with E-state index < -0.39 is 4.92 Å². The fourth-order valence-electron chi connectivity index (χ4n) is 1.88. The lowest BCUT2D eigenvalue weighted by Gasteiger charge is -2.19. The molecule has 1 aliphatic carbocycles. The molecule has 19 heavy (non-hydrogen) atoms. The van der Waals surface area contributed by atoms with E-state index in [9.17, 15) is 14.9 Å². The maximum atomic E-state index is 11.5. The Morgan fingerprint density at radius 3 is 2.84 bits per heavy atom. The molecule has 0 unspecified atom stereocenters. The third kappa shape index (κ3) is 3.78. The lowest BCUT2D eigenvalue weighted by molar-refractivity contribution is -0.402. The summed E-state index contributed by atoms with van der Waals surface area (Å²) < 4.78 is 10.0. The fraction of sp³-hybridized carbons (Fsp3) is 0.583. The van der Waals surface area contributed by atoms with Gasteiger partial charge < -0.3 is 9.15 Å². The van der Waals surface area contributed by atoms with Gasteiger partial charge in [-0.05, 0) is 25.8 Å². The molecule has 2 rings (SSSR count). The first kappa shape index (κ1) is 13.5. The molecule has 7 heteroatoms. The molecule has 0 aliphatic heterocycles. The molecule has 104 valence electrons. The van der Waals surface area contributed by atoms with Gasteiger partial charge in [-0.2, -0.15) is 0 Å². The molecule has 0 aromatic carbocycles. The summed E-state index contributed by atoms with van der Waals surface area (Å²) in [4.78, 5) is 23.4. The second kappa shape index (κ2) is 5.83. The van der Waals surface area contributed by atoms with Crippen LogP contribution < -0.4 is 0 Å². The minimum atomic E-state index is -0.573. The van der Waals surface area contributed by atoms with Gasteiger partial charge in [0.2, 0.25) is 0 Å². The minimum absolute atomic E-state index is 0.188. The van der Waals surface area contributed by atoms with Crippen LogP contribution in [-0.4, -0.2) is 35.0 Å². The normalized spacial score (nSPS) is 14.6. The van der Waals surface area contributed by atoms with Crippen LogP contribution in [0.25, 0.3) is 0 Å². The maximum Gasteiger partial charge on any atom is 0.433 e. The molecule has 0 spiro atoms. The fourth-order valence-corrected chi connectivity index (χ4v) is 1.88. The van der Waals surface area contributed by atoms with Crippen LogP contribution in [0.2, 0.25) is 0 Å². The number of rotatable bonds is 7. The molecule has 1 fully saturated rings. The zero-order valence-electron chi connectivity index (χ0n) is 10.7. The van der Waals surface area contributed by atoms with Crippen LogP contribution >= 0.6 is 0 Å². The molecule has 1 aliphatic rings. The number of carbonyl (C=O) groups is 1. The van der Waals surface area contributed by atoms with Crippen LogP contribution in [0.3, 0.4) is 0 Å². The van der Waals surface area contributed by atoms with Gasteiger partial charge >= 0.3 is 11.9 Å². The molecule has 0 radical (unpaired) electrons. The van der Waals surface area contributed by atoms with Gasteiger partial charge in [-0.15, -0.1) is 0 Å². The second-order valence-electron chi connectivity index (χ2n) is 4.44. The minimum Gasteiger partial charge on any atom is -0.465 e. The third-order valence-corrected chi connectivity index (χ3v) is 2.89. The van der Waals surface area contributed by atoms with Crippen molar-refractivity contribution in [3.05, 3.63) is 28.0 Å². The lowest BCUT2D eigenvalue weighted by Crippen LogP contribution is -2.32. The van der Waals surface area contributed by atoms with Crippen LogP contribution in [0, 0.1) is 10.1 Å². The van der Waals surface area contributed by atoms with Crippen molar-refractivity contribution >= 4 is 11.9 Å². The standard InChI is InChI=1S/C12H16N2O5/c1-2-18-12(15)8-13(9-3-4-9)7-10-5-6-11(19-10)14(16)17/h5-6,9H,2-4,7-8H2,1H3. The van der Waals surface area contributed by atoms with E-state index in [0.717, 1.165) is 12.8 Å². The number of ether oxygens (including phenoxy) is 1. The summed E-state index contributed by atoms with van der Waals surface area (Å²) in [7, 11) is 0. The van der Waals surface area contributed by atoms with Crippen molar-refractivity contribution < 1.29 is 18.9 Å². The summed E-state index contributed by atoms with van der Waals surface area (Å²) >= 11 is 0. The SMILES string of the molecule is CCOC(=O)CN(Cc1ccc([N+](=O)[O-])o1)C1CC1. The topological polar surface area (TPSA) is 85.8 Å². The Bertz CT molecular complexity index is 466. The number of esters is 1. The van der Waals surface area contributed by atoms with Gasteiger partial charge in [-0.25, -0.2) is 0 Å². The number of furan rings is 1. The summed E-state index contributed by atoms with van der Waals surface area (Å²) in [5.41, 5.74) is 0. The molecular weight excluding hydrogens is 252 g/mol. The molecule has 0 N–H and O–H groups in total. The van der Waals surface area contributed by atoms with Crippen LogP contribution in [-0.2, 0) is 16.1 Å². The second-order valence-corrected chi connectivity index (χ2v) is 4.44. The molecule has 0 amide bonds. The zero-order chi connectivity index (χ0) is 13.8. The highest BCUT2D eigenvalue weighted by molar-refractivity contribution is 5.71. The van der Waals surface area contributed by atoms with E-state index in [2.05, 4.69) is 0 Å². The first-order valence-electron chi connectivity index (χ1n) is 6.23. The van der Waals surface area contributed by atoms with E-state index in [4.69, 9.17) is 9.15 Å². The van der Waals surface area contributed by atoms with Crippen molar-refractivity contribution in [3.63, 3.8) is 0 Å². The first-order valence-corrected chi connectivity index (χ1v) is 6.23. The Morgan fingerprint density at radius 1 is 1.58 bits per heavy atom. The van der Waals surface area contributed by atoms with Gasteiger partial charge in [-0.3, -0.25) is 19.8 Å². The average molecular weight is 268 g/mol. The van der Waals surface area contributed by atoms with Gasteiger partial charge in [0.05, 0.1) is 25.8 Å². The lowest BCUT2D eigenvalue weighted by atomic mass is 10.3. The summed E-state index contributed by atoms with van der Waals surface area (Å²) in [6.07, 6.45) is 2.06. The highest BCUT2D eigenvalue weighted by atomic mass is 16.6. The molecule has 7 nitrogen and oxygen atoms in total. The zero-order valence-corrected chi connectivity index (χ0v) is 10.7. The molecule has 0 saturated heterocycles. The van der Waals surface area contributed by atoms with Gasteiger partial charge in [0, 0.05) is 6.04 Å². The van der Waals surface area contributed by atoms with Crippen LogP contribution in [0.4, 0.5) is 5.88 Å². The van der Waals surface area contributed by atoms with Gasteiger partial charge in [0.1, 0.15) is 10.7 Å². The molecule has 0 bridgehead atoms. The van der Waals surface area contributed by atoms with Gasteiger partial charge in [-0.1, -0.05) is 0 Å². The third-order valence-electron chi connectivity index (χ3n) is 2.89.